The van der Waals surface area contributed by atoms with Gasteiger partial charge in [0, 0.05) is 38.0 Å². The van der Waals surface area contributed by atoms with E-state index in [9.17, 15) is 4.79 Å². The van der Waals surface area contributed by atoms with Crippen molar-refractivity contribution in [3.8, 4) is 0 Å². The zero-order chi connectivity index (χ0) is 13.8. The predicted molar refractivity (Wildman–Crippen MR) is 75.3 cm³/mol. The first-order valence-corrected chi connectivity index (χ1v) is 8.07. The Labute approximate surface area is 121 Å². The molecule has 3 fully saturated rings. The number of nitrogens with zero attached hydrogens (tertiary/aromatic N) is 1. The molecule has 2 saturated heterocycles. The summed E-state index contributed by atoms with van der Waals surface area (Å²) in [5, 5.41) is 3.22. The van der Waals surface area contributed by atoms with Crippen LogP contribution in [0.3, 0.4) is 0 Å². The van der Waals surface area contributed by atoms with Crippen LogP contribution in [0.15, 0.2) is 0 Å². The van der Waals surface area contributed by atoms with Gasteiger partial charge in [-0.05, 0) is 25.7 Å². The molecule has 3 aliphatic rings. The highest BCUT2D eigenvalue weighted by Crippen LogP contribution is 2.26. The van der Waals surface area contributed by atoms with Crippen LogP contribution in [0, 0.1) is 5.92 Å². The maximum absolute atomic E-state index is 11.9. The maximum Gasteiger partial charge on any atom is 0.223 e. The summed E-state index contributed by atoms with van der Waals surface area (Å²) in [5.41, 5.74) is 0. The maximum atomic E-state index is 11.9. The van der Waals surface area contributed by atoms with E-state index in [0.29, 0.717) is 17.9 Å². The Morgan fingerprint density at radius 1 is 1.10 bits per heavy atom. The fourth-order valence-electron chi connectivity index (χ4n) is 3.15. The standard InChI is InChI=1S/C15H26N2O3/c18-15(12-2-1-3-12)16-13-4-7-17(8-5-13)9-6-14-19-10-11-20-14/h12-14H,1-11H2,(H,16,18). The van der Waals surface area contributed by atoms with Gasteiger partial charge in [-0.1, -0.05) is 6.42 Å². The minimum atomic E-state index is 0.00560. The van der Waals surface area contributed by atoms with Crippen molar-refractivity contribution in [3.05, 3.63) is 0 Å². The lowest BCUT2D eigenvalue weighted by atomic mass is 9.84. The van der Waals surface area contributed by atoms with Gasteiger partial charge in [-0.25, -0.2) is 0 Å². The van der Waals surface area contributed by atoms with Gasteiger partial charge < -0.3 is 19.7 Å². The summed E-state index contributed by atoms with van der Waals surface area (Å²) in [7, 11) is 0. The number of amides is 1. The molecule has 0 bridgehead atoms. The lowest BCUT2D eigenvalue weighted by molar-refractivity contribution is -0.128. The SMILES string of the molecule is O=C(NC1CCN(CCC2OCCO2)CC1)C1CCC1. The average Bonchev–Trinajstić information content (AvgIpc) is 2.89. The Morgan fingerprint density at radius 3 is 2.40 bits per heavy atom. The Hall–Kier alpha value is -0.650. The third-order valence-electron chi connectivity index (χ3n) is 4.78. The van der Waals surface area contributed by atoms with E-state index in [1.807, 2.05) is 0 Å². The molecule has 0 spiro atoms. The van der Waals surface area contributed by atoms with Crippen LogP contribution >= 0.6 is 0 Å². The fourth-order valence-corrected chi connectivity index (χ4v) is 3.15. The van der Waals surface area contributed by atoms with E-state index >= 15 is 0 Å². The van der Waals surface area contributed by atoms with Crippen LogP contribution in [0.5, 0.6) is 0 Å². The molecular formula is C15H26N2O3. The van der Waals surface area contributed by atoms with Crippen molar-refractivity contribution >= 4 is 5.91 Å². The van der Waals surface area contributed by atoms with Crippen LogP contribution in [-0.4, -0.2) is 56.0 Å². The summed E-state index contributed by atoms with van der Waals surface area (Å²) < 4.78 is 10.9. The van der Waals surface area contributed by atoms with E-state index in [2.05, 4.69) is 10.2 Å². The quantitative estimate of drug-likeness (QED) is 0.821. The van der Waals surface area contributed by atoms with E-state index in [0.717, 1.165) is 65.0 Å². The third-order valence-corrected chi connectivity index (χ3v) is 4.78. The largest absolute Gasteiger partial charge is 0.353 e. The van der Waals surface area contributed by atoms with E-state index in [4.69, 9.17) is 9.47 Å². The van der Waals surface area contributed by atoms with Crippen LogP contribution < -0.4 is 5.32 Å². The normalized spacial score (nSPS) is 26.6. The zero-order valence-corrected chi connectivity index (χ0v) is 12.2. The molecule has 0 unspecified atom stereocenters. The first-order chi connectivity index (χ1) is 9.81. The van der Waals surface area contributed by atoms with Crippen LogP contribution in [0.25, 0.3) is 0 Å². The van der Waals surface area contributed by atoms with Crippen molar-refractivity contribution in [3.63, 3.8) is 0 Å². The molecule has 0 aromatic rings. The zero-order valence-electron chi connectivity index (χ0n) is 12.2. The van der Waals surface area contributed by atoms with Gasteiger partial charge in [0.15, 0.2) is 6.29 Å². The summed E-state index contributed by atoms with van der Waals surface area (Å²) in [5.74, 6) is 0.604. The monoisotopic (exact) mass is 282 g/mol. The van der Waals surface area contributed by atoms with Crippen molar-refractivity contribution in [1.29, 1.82) is 0 Å². The Morgan fingerprint density at radius 2 is 1.80 bits per heavy atom. The second-order valence-electron chi connectivity index (χ2n) is 6.21. The second kappa shape index (κ2) is 6.87. The molecule has 0 aromatic heterocycles. The number of ether oxygens (including phenoxy) is 2. The summed E-state index contributed by atoms with van der Waals surface area (Å²) in [6.45, 7) is 4.65. The predicted octanol–water partition coefficient (Wildman–Crippen LogP) is 1.13. The molecule has 1 aliphatic carbocycles. The van der Waals surface area contributed by atoms with Gasteiger partial charge in [-0.2, -0.15) is 0 Å². The van der Waals surface area contributed by atoms with Crippen LogP contribution in [0.2, 0.25) is 0 Å². The van der Waals surface area contributed by atoms with Gasteiger partial charge in [0.05, 0.1) is 13.2 Å². The molecule has 3 rings (SSSR count). The van der Waals surface area contributed by atoms with Gasteiger partial charge in [-0.3, -0.25) is 4.79 Å². The van der Waals surface area contributed by atoms with Crippen molar-refractivity contribution in [2.75, 3.05) is 32.8 Å². The molecule has 5 heteroatoms. The van der Waals surface area contributed by atoms with Crippen molar-refractivity contribution < 1.29 is 14.3 Å². The Kier molecular flexibility index (Phi) is 4.91. The molecule has 114 valence electrons. The van der Waals surface area contributed by atoms with E-state index in [1.165, 1.54) is 6.42 Å². The van der Waals surface area contributed by atoms with Crippen LogP contribution in [-0.2, 0) is 14.3 Å². The van der Waals surface area contributed by atoms with Gasteiger partial charge in [0.25, 0.3) is 0 Å². The highest BCUT2D eigenvalue weighted by molar-refractivity contribution is 5.79. The molecule has 5 nitrogen and oxygen atoms in total. The lowest BCUT2D eigenvalue weighted by Gasteiger charge is -2.34. The van der Waals surface area contributed by atoms with Crippen molar-refractivity contribution in [2.45, 2.75) is 50.9 Å². The van der Waals surface area contributed by atoms with Crippen LogP contribution in [0.1, 0.15) is 38.5 Å². The number of hydrogen-bond acceptors (Lipinski definition) is 4. The summed E-state index contributed by atoms with van der Waals surface area (Å²) >= 11 is 0. The first kappa shape index (κ1) is 14.3. The molecule has 20 heavy (non-hydrogen) atoms. The van der Waals surface area contributed by atoms with Crippen molar-refractivity contribution in [2.24, 2.45) is 5.92 Å². The van der Waals surface area contributed by atoms with Gasteiger partial charge in [0.2, 0.25) is 5.91 Å². The first-order valence-electron chi connectivity index (χ1n) is 8.07. The number of rotatable bonds is 5. The number of nitrogens with one attached hydrogen (secondary N) is 1. The molecule has 1 N–H and O–H groups in total. The molecular weight excluding hydrogens is 256 g/mol. The number of carbonyl (C=O) groups excluding carboxylic acids is 1. The summed E-state index contributed by atoms with van der Waals surface area (Å²) in [6, 6.07) is 0.387. The van der Waals surface area contributed by atoms with E-state index < -0.39 is 0 Å². The molecule has 0 aromatic carbocycles. The number of hydrogen-bond donors (Lipinski definition) is 1. The fraction of sp³-hybridized carbons (Fsp3) is 0.933. The van der Waals surface area contributed by atoms with Gasteiger partial charge in [0.1, 0.15) is 0 Å². The molecule has 1 amide bonds. The van der Waals surface area contributed by atoms with Crippen molar-refractivity contribution in [1.82, 2.24) is 10.2 Å². The third kappa shape index (κ3) is 3.71. The number of piperidine rings is 1. The Balaban J connectivity index is 1.31. The number of carbonyl (C=O) groups is 1. The lowest BCUT2D eigenvalue weighted by Crippen LogP contribution is -2.47. The van der Waals surface area contributed by atoms with E-state index in [-0.39, 0.29) is 6.29 Å². The molecule has 1 saturated carbocycles. The summed E-state index contributed by atoms with van der Waals surface area (Å²) in [6.07, 6.45) is 6.51. The summed E-state index contributed by atoms with van der Waals surface area (Å²) in [4.78, 5) is 14.4. The van der Waals surface area contributed by atoms with Crippen LogP contribution in [0.4, 0.5) is 0 Å². The molecule has 2 heterocycles. The smallest absolute Gasteiger partial charge is 0.223 e. The average molecular weight is 282 g/mol. The minimum absolute atomic E-state index is 0.00560. The number of likely N-dealkylation sites (tertiary alicyclic amines) is 1. The Bertz CT molecular complexity index is 319. The minimum Gasteiger partial charge on any atom is -0.353 e. The van der Waals surface area contributed by atoms with Gasteiger partial charge >= 0.3 is 0 Å². The topological polar surface area (TPSA) is 50.8 Å². The molecule has 2 aliphatic heterocycles. The molecule has 0 radical (unpaired) electrons. The van der Waals surface area contributed by atoms with E-state index in [1.54, 1.807) is 0 Å². The molecule has 0 atom stereocenters. The highest BCUT2D eigenvalue weighted by Gasteiger charge is 2.28. The second-order valence-corrected chi connectivity index (χ2v) is 6.21. The highest BCUT2D eigenvalue weighted by atomic mass is 16.7. The van der Waals surface area contributed by atoms with Gasteiger partial charge in [-0.15, -0.1) is 0 Å².